The molecule has 26 heavy (non-hydrogen) atoms. The number of amides is 1. The highest BCUT2D eigenvalue weighted by Gasteiger charge is 2.21. The van der Waals surface area contributed by atoms with E-state index in [1.807, 2.05) is 27.7 Å². The zero-order chi connectivity index (χ0) is 19.4. The fraction of sp³-hybridized carbons (Fsp3) is 0.368. The van der Waals surface area contributed by atoms with Crippen molar-refractivity contribution >= 4 is 34.8 Å². The van der Waals surface area contributed by atoms with Gasteiger partial charge in [0, 0.05) is 22.6 Å². The molecule has 3 N–H and O–H groups in total. The summed E-state index contributed by atoms with van der Waals surface area (Å²) in [5, 5.41) is 3.88. The fourth-order valence-electron chi connectivity index (χ4n) is 2.70. The SMILES string of the molecule is CCC(CCl)Nc1cc(C)nc(Oc2c(C)cc(Cl)cc2C)c1C(N)=O. The Kier molecular flexibility index (Phi) is 6.73. The largest absolute Gasteiger partial charge is 0.438 e. The molecule has 0 aliphatic rings. The molecule has 140 valence electrons. The van der Waals surface area contributed by atoms with Gasteiger partial charge in [-0.1, -0.05) is 18.5 Å². The minimum atomic E-state index is -0.622. The van der Waals surface area contributed by atoms with Crippen molar-refractivity contribution in [2.45, 2.75) is 40.2 Å². The molecule has 0 fully saturated rings. The van der Waals surface area contributed by atoms with Crippen LogP contribution in [-0.2, 0) is 0 Å². The number of carbonyl (C=O) groups excluding carboxylic acids is 1. The molecule has 1 aromatic carbocycles. The first kappa shape index (κ1) is 20.3. The molecule has 0 aliphatic carbocycles. The Balaban J connectivity index is 2.55. The molecule has 0 aliphatic heterocycles. The van der Waals surface area contributed by atoms with Crippen LogP contribution in [0.25, 0.3) is 0 Å². The Labute approximate surface area is 163 Å². The van der Waals surface area contributed by atoms with Crippen LogP contribution in [0.4, 0.5) is 5.69 Å². The van der Waals surface area contributed by atoms with Crippen LogP contribution in [-0.4, -0.2) is 22.8 Å². The van der Waals surface area contributed by atoms with Crippen LogP contribution in [0, 0.1) is 20.8 Å². The van der Waals surface area contributed by atoms with Gasteiger partial charge in [0.1, 0.15) is 11.3 Å². The van der Waals surface area contributed by atoms with E-state index >= 15 is 0 Å². The normalized spacial score (nSPS) is 11.9. The Morgan fingerprint density at radius 2 is 1.88 bits per heavy atom. The van der Waals surface area contributed by atoms with E-state index in [2.05, 4.69) is 10.3 Å². The second-order valence-electron chi connectivity index (χ2n) is 6.23. The van der Waals surface area contributed by atoms with Crippen molar-refractivity contribution in [2.24, 2.45) is 5.73 Å². The Morgan fingerprint density at radius 1 is 1.27 bits per heavy atom. The summed E-state index contributed by atoms with van der Waals surface area (Å²) in [6.45, 7) is 7.60. The quantitative estimate of drug-likeness (QED) is 0.647. The van der Waals surface area contributed by atoms with Gasteiger partial charge in [0.25, 0.3) is 5.91 Å². The number of ether oxygens (including phenoxy) is 1. The van der Waals surface area contributed by atoms with Crippen molar-refractivity contribution in [3.63, 3.8) is 0 Å². The van der Waals surface area contributed by atoms with Crippen molar-refractivity contribution in [3.8, 4) is 11.6 Å². The summed E-state index contributed by atoms with van der Waals surface area (Å²) in [5.74, 6) is 0.550. The molecular formula is C19H23Cl2N3O2. The Bertz CT molecular complexity index is 798. The van der Waals surface area contributed by atoms with E-state index < -0.39 is 5.91 Å². The highest BCUT2D eigenvalue weighted by molar-refractivity contribution is 6.30. The second-order valence-corrected chi connectivity index (χ2v) is 6.98. The number of pyridine rings is 1. The molecule has 0 radical (unpaired) electrons. The molecular weight excluding hydrogens is 373 g/mol. The van der Waals surface area contributed by atoms with Crippen LogP contribution in [0.5, 0.6) is 11.6 Å². The lowest BCUT2D eigenvalue weighted by atomic mass is 10.1. The number of anilines is 1. The molecule has 0 spiro atoms. The predicted molar refractivity (Wildman–Crippen MR) is 107 cm³/mol. The van der Waals surface area contributed by atoms with Crippen LogP contribution < -0.4 is 15.8 Å². The first-order valence-electron chi connectivity index (χ1n) is 8.35. The molecule has 1 atom stereocenters. The van der Waals surface area contributed by atoms with Gasteiger partial charge in [-0.2, -0.15) is 0 Å². The van der Waals surface area contributed by atoms with Gasteiger partial charge in [-0.05, 0) is 56.5 Å². The minimum absolute atomic E-state index is 0.00317. The molecule has 1 heterocycles. The van der Waals surface area contributed by atoms with Crippen molar-refractivity contribution < 1.29 is 9.53 Å². The van der Waals surface area contributed by atoms with Gasteiger partial charge in [-0.3, -0.25) is 4.79 Å². The molecule has 1 unspecified atom stereocenters. The molecule has 0 saturated carbocycles. The van der Waals surface area contributed by atoms with Gasteiger partial charge in [-0.25, -0.2) is 4.98 Å². The van der Waals surface area contributed by atoms with Crippen molar-refractivity contribution in [1.82, 2.24) is 4.98 Å². The number of benzene rings is 1. The van der Waals surface area contributed by atoms with Crippen molar-refractivity contribution in [2.75, 3.05) is 11.2 Å². The number of halogens is 2. The van der Waals surface area contributed by atoms with Gasteiger partial charge in [-0.15, -0.1) is 11.6 Å². The molecule has 5 nitrogen and oxygen atoms in total. The number of alkyl halides is 1. The molecule has 2 rings (SSSR count). The number of hydrogen-bond donors (Lipinski definition) is 2. The lowest BCUT2D eigenvalue weighted by Crippen LogP contribution is -2.24. The van der Waals surface area contributed by atoms with Crippen LogP contribution in [0.3, 0.4) is 0 Å². The number of rotatable bonds is 7. The third-order valence-electron chi connectivity index (χ3n) is 4.02. The highest BCUT2D eigenvalue weighted by atomic mass is 35.5. The average Bonchev–Trinajstić information content (AvgIpc) is 2.55. The first-order valence-corrected chi connectivity index (χ1v) is 9.26. The summed E-state index contributed by atoms with van der Waals surface area (Å²) in [5.41, 5.74) is 8.77. The van der Waals surface area contributed by atoms with Crippen molar-refractivity contribution in [1.29, 1.82) is 0 Å². The van der Waals surface area contributed by atoms with E-state index in [-0.39, 0.29) is 17.5 Å². The summed E-state index contributed by atoms with van der Waals surface area (Å²) in [6, 6.07) is 5.36. The maximum Gasteiger partial charge on any atom is 0.256 e. The van der Waals surface area contributed by atoms with E-state index in [0.29, 0.717) is 28.0 Å². The van der Waals surface area contributed by atoms with Gasteiger partial charge >= 0.3 is 0 Å². The third kappa shape index (κ3) is 4.59. The molecule has 2 aromatic rings. The zero-order valence-electron chi connectivity index (χ0n) is 15.3. The number of aryl methyl sites for hydroxylation is 3. The van der Waals surface area contributed by atoms with Crippen LogP contribution in [0.15, 0.2) is 18.2 Å². The molecule has 0 saturated heterocycles. The first-order chi connectivity index (χ1) is 12.3. The lowest BCUT2D eigenvalue weighted by Gasteiger charge is -2.20. The highest BCUT2D eigenvalue weighted by Crippen LogP contribution is 2.34. The Morgan fingerprint density at radius 3 is 2.38 bits per heavy atom. The summed E-state index contributed by atoms with van der Waals surface area (Å²) in [6.07, 6.45) is 0.800. The molecule has 1 amide bonds. The fourth-order valence-corrected chi connectivity index (χ4v) is 3.32. The predicted octanol–water partition coefficient (Wildman–Crippen LogP) is 4.98. The van der Waals surface area contributed by atoms with E-state index in [4.69, 9.17) is 33.7 Å². The van der Waals surface area contributed by atoms with Crippen LogP contribution in [0.2, 0.25) is 5.02 Å². The summed E-state index contributed by atoms with van der Waals surface area (Å²) >= 11 is 12.1. The van der Waals surface area contributed by atoms with Gasteiger partial charge in [0.2, 0.25) is 5.88 Å². The maximum absolute atomic E-state index is 12.1. The van der Waals surface area contributed by atoms with Gasteiger partial charge in [0.15, 0.2) is 0 Å². The maximum atomic E-state index is 12.1. The average molecular weight is 396 g/mol. The number of nitrogens with one attached hydrogen (secondary N) is 1. The summed E-state index contributed by atoms with van der Waals surface area (Å²) < 4.78 is 6.01. The van der Waals surface area contributed by atoms with Gasteiger partial charge < -0.3 is 15.8 Å². The van der Waals surface area contributed by atoms with Gasteiger partial charge in [0.05, 0.1) is 5.69 Å². The standard InChI is InChI=1S/C19H23Cl2N3O2/c1-5-14(9-20)24-15-8-12(4)23-19(16(15)18(22)25)26-17-10(2)6-13(21)7-11(17)3/h6-8,14H,5,9H2,1-4H3,(H2,22,25)(H,23,24). The third-order valence-corrected chi connectivity index (χ3v) is 4.61. The smallest absolute Gasteiger partial charge is 0.256 e. The number of nitrogens with zero attached hydrogens (tertiary/aromatic N) is 1. The second kappa shape index (κ2) is 8.60. The minimum Gasteiger partial charge on any atom is -0.438 e. The number of primary amides is 1. The molecule has 1 aromatic heterocycles. The number of carbonyl (C=O) groups is 1. The lowest BCUT2D eigenvalue weighted by molar-refractivity contribution is 0.0998. The topological polar surface area (TPSA) is 77.2 Å². The van der Waals surface area contributed by atoms with Crippen LogP contribution >= 0.6 is 23.2 Å². The van der Waals surface area contributed by atoms with E-state index in [0.717, 1.165) is 17.5 Å². The number of hydrogen-bond acceptors (Lipinski definition) is 4. The Hall–Kier alpha value is -1.98. The summed E-state index contributed by atoms with van der Waals surface area (Å²) in [7, 11) is 0. The van der Waals surface area contributed by atoms with E-state index in [1.165, 1.54) is 0 Å². The zero-order valence-corrected chi connectivity index (χ0v) is 16.8. The van der Waals surface area contributed by atoms with Crippen LogP contribution in [0.1, 0.15) is 40.5 Å². The summed E-state index contributed by atoms with van der Waals surface area (Å²) in [4.78, 5) is 16.5. The monoisotopic (exact) mass is 395 g/mol. The van der Waals surface area contributed by atoms with E-state index in [9.17, 15) is 4.79 Å². The number of aromatic nitrogens is 1. The van der Waals surface area contributed by atoms with Crippen molar-refractivity contribution in [3.05, 3.63) is 45.6 Å². The molecule has 7 heteroatoms. The number of nitrogens with two attached hydrogens (primary N) is 1. The molecule has 0 bridgehead atoms. The van der Waals surface area contributed by atoms with E-state index in [1.54, 1.807) is 18.2 Å².